The summed E-state index contributed by atoms with van der Waals surface area (Å²) in [4.78, 5) is 2.45. The normalized spacial score (nSPS) is 16.4. The number of para-hydroxylation sites is 1. The summed E-state index contributed by atoms with van der Waals surface area (Å²) < 4.78 is 19.4. The Morgan fingerprint density at radius 1 is 1.17 bits per heavy atom. The fourth-order valence-electron chi connectivity index (χ4n) is 3.02. The molecule has 0 saturated carbocycles. The summed E-state index contributed by atoms with van der Waals surface area (Å²) >= 11 is 0. The van der Waals surface area contributed by atoms with Crippen molar-refractivity contribution in [3.05, 3.63) is 29.6 Å². The molecular weight excluding hydrogens is 338 g/mol. The maximum atomic E-state index is 14.0. The minimum atomic E-state index is -0.264. The van der Waals surface area contributed by atoms with Crippen LogP contribution in [0.4, 0.5) is 4.39 Å². The van der Waals surface area contributed by atoms with Crippen LogP contribution in [0.15, 0.2) is 18.2 Å². The molecule has 1 saturated heterocycles. The molecule has 1 N–H and O–H groups in total. The quantitative estimate of drug-likeness (QED) is 0.821. The van der Waals surface area contributed by atoms with Crippen LogP contribution in [-0.2, 0) is 0 Å². The number of piperazine rings is 1. The average Bonchev–Trinajstić information content (AvgIpc) is 2.48. The number of nitrogens with one attached hydrogen (secondary N) is 1. The SMILES string of the molecule is COc1c(F)cccc1[C@@H](CCC(C)C)N1CCNCC1.Cl.Cl. The molecule has 134 valence electrons. The molecule has 0 aromatic heterocycles. The van der Waals surface area contributed by atoms with Crippen molar-refractivity contribution in [1.82, 2.24) is 10.2 Å². The Morgan fingerprint density at radius 2 is 1.83 bits per heavy atom. The molecule has 1 aliphatic heterocycles. The summed E-state index contributed by atoms with van der Waals surface area (Å²) in [7, 11) is 1.55. The summed E-state index contributed by atoms with van der Waals surface area (Å²) in [6, 6.07) is 5.51. The van der Waals surface area contributed by atoms with Crippen molar-refractivity contribution in [1.29, 1.82) is 0 Å². The van der Waals surface area contributed by atoms with E-state index in [1.54, 1.807) is 13.2 Å². The van der Waals surface area contributed by atoms with Gasteiger partial charge in [0.15, 0.2) is 11.6 Å². The van der Waals surface area contributed by atoms with Crippen LogP contribution in [0.1, 0.15) is 38.3 Å². The maximum Gasteiger partial charge on any atom is 0.165 e. The van der Waals surface area contributed by atoms with Crippen LogP contribution in [0.2, 0.25) is 0 Å². The van der Waals surface area contributed by atoms with Gasteiger partial charge in [-0.25, -0.2) is 4.39 Å². The monoisotopic (exact) mass is 366 g/mol. The number of hydrogen-bond donors (Lipinski definition) is 1. The van der Waals surface area contributed by atoms with Crippen molar-refractivity contribution in [2.24, 2.45) is 5.92 Å². The van der Waals surface area contributed by atoms with E-state index in [-0.39, 0.29) is 36.7 Å². The molecule has 0 amide bonds. The van der Waals surface area contributed by atoms with Crippen molar-refractivity contribution < 1.29 is 9.13 Å². The van der Waals surface area contributed by atoms with Gasteiger partial charge >= 0.3 is 0 Å². The zero-order chi connectivity index (χ0) is 15.2. The van der Waals surface area contributed by atoms with Crippen LogP contribution in [0.25, 0.3) is 0 Å². The number of benzene rings is 1. The summed E-state index contributed by atoms with van der Waals surface area (Å²) in [5.41, 5.74) is 0.986. The van der Waals surface area contributed by atoms with Crippen molar-refractivity contribution in [2.45, 2.75) is 32.7 Å². The molecule has 1 fully saturated rings. The van der Waals surface area contributed by atoms with E-state index in [1.165, 1.54) is 6.07 Å². The summed E-state index contributed by atoms with van der Waals surface area (Å²) in [5, 5.41) is 3.38. The van der Waals surface area contributed by atoms with E-state index in [9.17, 15) is 4.39 Å². The fourth-order valence-corrected chi connectivity index (χ4v) is 3.02. The topological polar surface area (TPSA) is 24.5 Å². The molecule has 6 heteroatoms. The molecule has 1 aromatic carbocycles. The second-order valence-electron chi connectivity index (χ2n) is 6.14. The molecule has 0 bridgehead atoms. The second kappa shape index (κ2) is 11.1. The van der Waals surface area contributed by atoms with Crippen LogP contribution >= 0.6 is 24.8 Å². The van der Waals surface area contributed by atoms with Crippen molar-refractivity contribution in [3.63, 3.8) is 0 Å². The van der Waals surface area contributed by atoms with Gasteiger partial charge in [-0.05, 0) is 24.8 Å². The third-order valence-electron chi connectivity index (χ3n) is 4.17. The number of nitrogens with zero attached hydrogens (tertiary/aromatic N) is 1. The van der Waals surface area contributed by atoms with Crippen molar-refractivity contribution >= 4 is 24.8 Å². The summed E-state index contributed by atoms with van der Waals surface area (Å²) in [6.07, 6.45) is 2.17. The lowest BCUT2D eigenvalue weighted by Gasteiger charge is -2.36. The Hall–Kier alpha value is -0.550. The van der Waals surface area contributed by atoms with E-state index < -0.39 is 0 Å². The molecule has 1 aliphatic rings. The van der Waals surface area contributed by atoms with E-state index in [2.05, 4.69) is 24.1 Å². The van der Waals surface area contributed by atoms with E-state index in [0.717, 1.165) is 44.6 Å². The first-order chi connectivity index (χ1) is 10.1. The molecule has 3 nitrogen and oxygen atoms in total. The molecule has 1 heterocycles. The summed E-state index contributed by atoms with van der Waals surface area (Å²) in [5.74, 6) is 0.791. The third-order valence-corrected chi connectivity index (χ3v) is 4.17. The zero-order valence-electron chi connectivity index (χ0n) is 14.2. The van der Waals surface area contributed by atoms with E-state index in [4.69, 9.17) is 4.74 Å². The highest BCUT2D eigenvalue weighted by Gasteiger charge is 2.26. The molecule has 1 atom stereocenters. The third kappa shape index (κ3) is 6.11. The lowest BCUT2D eigenvalue weighted by Crippen LogP contribution is -2.45. The highest BCUT2D eigenvalue weighted by molar-refractivity contribution is 5.85. The van der Waals surface area contributed by atoms with Crippen LogP contribution in [0.3, 0.4) is 0 Å². The predicted octanol–water partition coefficient (Wildman–Crippen LogP) is 4.06. The lowest BCUT2D eigenvalue weighted by atomic mass is 9.95. The Morgan fingerprint density at radius 3 is 2.39 bits per heavy atom. The van der Waals surface area contributed by atoms with Gasteiger partial charge in [0.1, 0.15) is 0 Å². The minimum Gasteiger partial charge on any atom is -0.493 e. The maximum absolute atomic E-state index is 14.0. The van der Waals surface area contributed by atoms with E-state index in [1.807, 2.05) is 6.07 Å². The first-order valence-corrected chi connectivity index (χ1v) is 7.90. The van der Waals surface area contributed by atoms with Crippen LogP contribution in [-0.4, -0.2) is 38.2 Å². The van der Waals surface area contributed by atoms with Gasteiger partial charge in [0.05, 0.1) is 7.11 Å². The first-order valence-electron chi connectivity index (χ1n) is 7.90. The highest BCUT2D eigenvalue weighted by atomic mass is 35.5. The fraction of sp³-hybridized carbons (Fsp3) is 0.647. The highest BCUT2D eigenvalue weighted by Crippen LogP contribution is 2.35. The molecule has 0 radical (unpaired) electrons. The Bertz CT molecular complexity index is 454. The summed E-state index contributed by atoms with van der Waals surface area (Å²) in [6.45, 7) is 8.46. The number of hydrogen-bond acceptors (Lipinski definition) is 3. The Labute approximate surface area is 151 Å². The molecule has 0 spiro atoms. The molecule has 1 aromatic rings. The number of methoxy groups -OCH3 is 1. The van der Waals surface area contributed by atoms with Gasteiger partial charge in [-0.2, -0.15) is 0 Å². The first kappa shape index (κ1) is 22.4. The van der Waals surface area contributed by atoms with Crippen molar-refractivity contribution in [2.75, 3.05) is 33.3 Å². The Kier molecular flexibility index (Phi) is 10.8. The van der Waals surface area contributed by atoms with Crippen molar-refractivity contribution in [3.8, 4) is 5.75 Å². The molecule has 2 rings (SSSR count). The van der Waals surface area contributed by atoms with Gasteiger partial charge in [0.2, 0.25) is 0 Å². The minimum absolute atomic E-state index is 0. The van der Waals surface area contributed by atoms with Gasteiger partial charge in [0.25, 0.3) is 0 Å². The molecule has 23 heavy (non-hydrogen) atoms. The predicted molar refractivity (Wildman–Crippen MR) is 98.7 cm³/mol. The standard InChI is InChI=1S/C17H27FN2O.2ClH/c1-13(2)7-8-16(20-11-9-19-10-12-20)14-5-4-6-15(18)17(14)21-3;;/h4-6,13,16,19H,7-12H2,1-3H3;2*1H/t16-;;/m1../s1. The van der Waals surface area contributed by atoms with E-state index in [0.29, 0.717) is 11.7 Å². The van der Waals surface area contributed by atoms with Crippen LogP contribution in [0, 0.1) is 11.7 Å². The largest absolute Gasteiger partial charge is 0.493 e. The molecule has 0 unspecified atom stereocenters. The van der Waals surface area contributed by atoms with Gasteiger partial charge in [-0.15, -0.1) is 24.8 Å². The average molecular weight is 367 g/mol. The number of rotatable bonds is 6. The lowest BCUT2D eigenvalue weighted by molar-refractivity contribution is 0.156. The number of ether oxygens (including phenoxy) is 1. The van der Waals surface area contributed by atoms with Gasteiger partial charge in [-0.1, -0.05) is 26.0 Å². The van der Waals surface area contributed by atoms with Gasteiger partial charge < -0.3 is 10.1 Å². The zero-order valence-corrected chi connectivity index (χ0v) is 15.8. The molecular formula is C17H29Cl2FN2O. The second-order valence-corrected chi connectivity index (χ2v) is 6.14. The molecule has 0 aliphatic carbocycles. The Balaban J connectivity index is 0.00000242. The van der Waals surface area contributed by atoms with E-state index >= 15 is 0 Å². The van der Waals surface area contributed by atoms with Gasteiger partial charge in [-0.3, -0.25) is 4.90 Å². The smallest absolute Gasteiger partial charge is 0.165 e. The van der Waals surface area contributed by atoms with Crippen LogP contribution < -0.4 is 10.1 Å². The van der Waals surface area contributed by atoms with Crippen LogP contribution in [0.5, 0.6) is 5.75 Å². The number of halogens is 3. The van der Waals surface area contributed by atoms with Gasteiger partial charge in [0, 0.05) is 37.8 Å².